The van der Waals surface area contributed by atoms with Crippen LogP contribution in [0.2, 0.25) is 4.34 Å². The fourth-order valence-electron chi connectivity index (χ4n) is 0.915. The van der Waals surface area contributed by atoms with Gasteiger partial charge < -0.3 is 5.11 Å². The van der Waals surface area contributed by atoms with Crippen molar-refractivity contribution < 1.29 is 5.11 Å². The summed E-state index contributed by atoms with van der Waals surface area (Å²) in [5.41, 5.74) is -0.798. The van der Waals surface area contributed by atoms with Gasteiger partial charge in [0.05, 0.1) is 11.5 Å². The zero-order chi connectivity index (χ0) is 10.9. The van der Waals surface area contributed by atoms with Gasteiger partial charge in [-0.3, -0.25) is 0 Å². The molecule has 0 aromatic carbocycles. The van der Waals surface area contributed by atoms with Gasteiger partial charge >= 0.3 is 0 Å². The molecule has 14 heavy (non-hydrogen) atoms. The van der Waals surface area contributed by atoms with Crippen LogP contribution in [0.3, 0.4) is 0 Å². The van der Waals surface area contributed by atoms with E-state index < -0.39 is 11.5 Å². The minimum atomic E-state index is -0.804. The van der Waals surface area contributed by atoms with Crippen LogP contribution < -0.4 is 0 Å². The number of hydrogen-bond donors (Lipinski definition) is 1. The highest BCUT2D eigenvalue weighted by atomic mass is 79.9. The minimum absolute atomic E-state index is 0.591. The van der Waals surface area contributed by atoms with Gasteiger partial charge in [0.15, 0.2) is 0 Å². The molecule has 1 unspecified atom stereocenters. The van der Waals surface area contributed by atoms with Crippen molar-refractivity contribution in [2.24, 2.45) is 5.41 Å². The lowest BCUT2D eigenvalue weighted by molar-refractivity contribution is 0.0901. The number of nitriles is 1. The number of halogens is 2. The van der Waals surface area contributed by atoms with Crippen molar-refractivity contribution >= 4 is 38.9 Å². The zero-order valence-electron chi connectivity index (χ0n) is 7.71. The largest absolute Gasteiger partial charge is 0.386 e. The van der Waals surface area contributed by atoms with Gasteiger partial charge in [0.1, 0.15) is 10.4 Å². The minimum Gasteiger partial charge on any atom is -0.386 e. The summed E-state index contributed by atoms with van der Waals surface area (Å²) in [7, 11) is 0. The average Bonchev–Trinajstić information content (AvgIpc) is 2.45. The molecule has 1 N–H and O–H groups in total. The van der Waals surface area contributed by atoms with Crippen LogP contribution in [0.25, 0.3) is 0 Å². The summed E-state index contributed by atoms with van der Waals surface area (Å²) in [4.78, 5) is 0.702. The predicted octanol–water partition coefficient (Wildman–Crippen LogP) is 3.75. The van der Waals surface area contributed by atoms with Crippen LogP contribution in [0.1, 0.15) is 24.8 Å². The number of thiophene rings is 1. The van der Waals surface area contributed by atoms with Crippen LogP contribution in [0.15, 0.2) is 10.5 Å². The molecule has 0 saturated carbocycles. The van der Waals surface area contributed by atoms with E-state index in [0.717, 1.165) is 4.47 Å². The first-order chi connectivity index (χ1) is 6.38. The maximum Gasteiger partial charge on any atom is 0.107 e. The first-order valence-electron chi connectivity index (χ1n) is 3.92. The molecule has 0 saturated heterocycles. The first-order valence-corrected chi connectivity index (χ1v) is 5.91. The molecule has 0 amide bonds. The van der Waals surface area contributed by atoms with E-state index in [9.17, 15) is 5.11 Å². The highest BCUT2D eigenvalue weighted by molar-refractivity contribution is 9.10. The number of aliphatic hydroxyl groups is 1. The van der Waals surface area contributed by atoms with Crippen molar-refractivity contribution in [3.8, 4) is 6.07 Å². The monoisotopic (exact) mass is 293 g/mol. The molecule has 1 heterocycles. The van der Waals surface area contributed by atoms with E-state index in [-0.39, 0.29) is 0 Å². The smallest absolute Gasteiger partial charge is 0.107 e. The highest BCUT2D eigenvalue weighted by Crippen LogP contribution is 2.41. The van der Waals surface area contributed by atoms with Gasteiger partial charge in [-0.25, -0.2) is 0 Å². The summed E-state index contributed by atoms with van der Waals surface area (Å²) in [5.74, 6) is 0. The van der Waals surface area contributed by atoms with Crippen LogP contribution in [0.4, 0.5) is 0 Å². The van der Waals surface area contributed by atoms with E-state index in [2.05, 4.69) is 22.0 Å². The Balaban J connectivity index is 3.02. The van der Waals surface area contributed by atoms with Gasteiger partial charge in [0.2, 0.25) is 0 Å². The Kier molecular flexibility index (Phi) is 3.59. The second-order valence-electron chi connectivity index (χ2n) is 3.51. The normalized spacial score (nSPS) is 13.7. The molecule has 0 bridgehead atoms. The van der Waals surface area contributed by atoms with Crippen molar-refractivity contribution in [3.63, 3.8) is 0 Å². The highest BCUT2D eigenvalue weighted by Gasteiger charge is 2.30. The van der Waals surface area contributed by atoms with Crippen molar-refractivity contribution in [3.05, 3.63) is 19.8 Å². The van der Waals surface area contributed by atoms with Gasteiger partial charge in [-0.05, 0) is 35.8 Å². The quantitative estimate of drug-likeness (QED) is 0.903. The number of aliphatic hydroxyl groups excluding tert-OH is 1. The molecule has 1 aromatic heterocycles. The van der Waals surface area contributed by atoms with E-state index in [1.54, 1.807) is 19.9 Å². The summed E-state index contributed by atoms with van der Waals surface area (Å²) in [5, 5.41) is 18.7. The third-order valence-electron chi connectivity index (χ3n) is 1.91. The first kappa shape index (κ1) is 12.0. The maximum atomic E-state index is 9.89. The second-order valence-corrected chi connectivity index (χ2v) is 6.05. The van der Waals surface area contributed by atoms with Crippen LogP contribution in [-0.2, 0) is 0 Å². The van der Waals surface area contributed by atoms with E-state index in [1.165, 1.54) is 11.3 Å². The van der Waals surface area contributed by atoms with Gasteiger partial charge in [-0.1, -0.05) is 11.6 Å². The Morgan fingerprint density at radius 3 is 2.64 bits per heavy atom. The van der Waals surface area contributed by atoms with Crippen molar-refractivity contribution in [2.45, 2.75) is 20.0 Å². The van der Waals surface area contributed by atoms with Crippen LogP contribution in [0.5, 0.6) is 0 Å². The standard InChI is InChI=1S/C9H9BrClNOS/c1-9(2,4-12)7(13)6-3-5(10)8(11)14-6/h3,7,13H,1-2H3. The topological polar surface area (TPSA) is 44.0 Å². The summed E-state index contributed by atoms with van der Waals surface area (Å²) in [6, 6.07) is 3.81. The molecule has 76 valence electrons. The molecule has 1 atom stereocenters. The Morgan fingerprint density at radius 1 is 1.71 bits per heavy atom. The van der Waals surface area contributed by atoms with E-state index in [1.807, 2.05) is 0 Å². The fourth-order valence-corrected chi connectivity index (χ4v) is 2.82. The third kappa shape index (κ3) is 2.29. The molecule has 5 heteroatoms. The second kappa shape index (κ2) is 4.19. The van der Waals surface area contributed by atoms with Gasteiger partial charge in [0, 0.05) is 9.35 Å². The maximum absolute atomic E-state index is 9.89. The Hall–Kier alpha value is -0.0800. The summed E-state index contributed by atoms with van der Waals surface area (Å²) >= 11 is 10.4. The van der Waals surface area contributed by atoms with Crippen molar-refractivity contribution in [1.29, 1.82) is 5.26 Å². The SMILES string of the molecule is CC(C)(C#N)C(O)c1cc(Br)c(Cl)s1. The Morgan fingerprint density at radius 2 is 2.29 bits per heavy atom. The van der Waals surface area contributed by atoms with Gasteiger partial charge in [-0.2, -0.15) is 5.26 Å². The van der Waals surface area contributed by atoms with E-state index in [0.29, 0.717) is 9.21 Å². The van der Waals surface area contributed by atoms with Crippen LogP contribution >= 0.6 is 38.9 Å². The Labute approximate surface area is 100 Å². The lowest BCUT2D eigenvalue weighted by atomic mass is 9.87. The summed E-state index contributed by atoms with van der Waals surface area (Å²) < 4.78 is 1.35. The van der Waals surface area contributed by atoms with Crippen LogP contribution in [0, 0.1) is 16.7 Å². The van der Waals surface area contributed by atoms with E-state index >= 15 is 0 Å². The summed E-state index contributed by atoms with van der Waals surface area (Å²) in [6.45, 7) is 3.39. The van der Waals surface area contributed by atoms with Gasteiger partial charge in [-0.15, -0.1) is 11.3 Å². The number of rotatable bonds is 2. The molecular weight excluding hydrogens is 286 g/mol. The summed E-state index contributed by atoms with van der Waals surface area (Å²) in [6.07, 6.45) is -0.804. The van der Waals surface area contributed by atoms with Gasteiger partial charge in [0.25, 0.3) is 0 Å². The van der Waals surface area contributed by atoms with Crippen molar-refractivity contribution in [1.82, 2.24) is 0 Å². The molecule has 0 aliphatic heterocycles. The molecule has 1 rings (SSSR count). The molecule has 0 aliphatic carbocycles. The predicted molar refractivity (Wildman–Crippen MR) is 61.4 cm³/mol. The molecular formula is C9H9BrClNOS. The molecule has 0 aliphatic rings. The third-order valence-corrected chi connectivity index (χ3v) is 4.43. The molecule has 0 fully saturated rings. The fraction of sp³-hybridized carbons (Fsp3) is 0.444. The van der Waals surface area contributed by atoms with E-state index in [4.69, 9.17) is 16.9 Å². The molecule has 0 spiro atoms. The lowest BCUT2D eigenvalue weighted by Gasteiger charge is -2.21. The van der Waals surface area contributed by atoms with Crippen molar-refractivity contribution in [2.75, 3.05) is 0 Å². The molecule has 1 aromatic rings. The molecule has 2 nitrogen and oxygen atoms in total. The zero-order valence-corrected chi connectivity index (χ0v) is 10.9. The number of hydrogen-bond acceptors (Lipinski definition) is 3. The molecule has 0 radical (unpaired) electrons. The average molecular weight is 295 g/mol. The number of nitrogens with zero attached hydrogens (tertiary/aromatic N) is 1. The lowest BCUT2D eigenvalue weighted by Crippen LogP contribution is -2.18. The van der Waals surface area contributed by atoms with Crippen LogP contribution in [-0.4, -0.2) is 5.11 Å². The Bertz CT molecular complexity index is 363.